The van der Waals surface area contributed by atoms with Gasteiger partial charge in [0.05, 0.1) is 29.0 Å². The van der Waals surface area contributed by atoms with Gasteiger partial charge in [-0.25, -0.2) is 5.48 Å². The summed E-state index contributed by atoms with van der Waals surface area (Å²) in [6.45, 7) is 3.70. The molecule has 0 radical (unpaired) electrons. The quantitative estimate of drug-likeness (QED) is 0.245. The van der Waals surface area contributed by atoms with Crippen molar-refractivity contribution in [2.24, 2.45) is 0 Å². The summed E-state index contributed by atoms with van der Waals surface area (Å²) in [5.74, 6) is -0.443. The maximum absolute atomic E-state index is 13.7. The standard InChI is InChI=1S/C20H19F4N3O3S/c1-12(20(28)27-29)11-26-18-9-16(19-15(7-8-30-19)17(18)10-25)13-3-5-14(6-4-13)31(2,21,22,23)24/h3-6,9,26,29H,1,7-8,11H2,2H3,(H,27,28). The van der Waals surface area contributed by atoms with Crippen LogP contribution in [0.1, 0.15) is 11.1 Å². The zero-order chi connectivity index (χ0) is 23.1. The van der Waals surface area contributed by atoms with Crippen molar-refractivity contribution in [3.05, 3.63) is 53.6 Å². The Balaban J connectivity index is 2.06. The van der Waals surface area contributed by atoms with Gasteiger partial charge in [0.1, 0.15) is 11.8 Å². The smallest absolute Gasteiger partial charge is 0.271 e. The monoisotopic (exact) mass is 457 g/mol. The summed E-state index contributed by atoms with van der Waals surface area (Å²) in [5.41, 5.74) is 3.34. The molecule has 1 heterocycles. The summed E-state index contributed by atoms with van der Waals surface area (Å²) < 4.78 is 60.3. The maximum Gasteiger partial charge on any atom is 0.271 e. The van der Waals surface area contributed by atoms with E-state index in [0.29, 0.717) is 46.7 Å². The van der Waals surface area contributed by atoms with Gasteiger partial charge >= 0.3 is 0 Å². The molecule has 0 aliphatic carbocycles. The Morgan fingerprint density at radius 2 is 1.94 bits per heavy atom. The highest BCUT2D eigenvalue weighted by atomic mass is 32.5. The number of amides is 1. The summed E-state index contributed by atoms with van der Waals surface area (Å²) >= 11 is 0. The molecule has 0 atom stereocenters. The number of hydrogen-bond donors (Lipinski definition) is 3. The lowest BCUT2D eigenvalue weighted by Crippen LogP contribution is -2.24. The second-order valence-corrected chi connectivity index (χ2v) is 10.7. The first kappa shape index (κ1) is 22.5. The summed E-state index contributed by atoms with van der Waals surface area (Å²) in [6.07, 6.45) is 0.0712. The van der Waals surface area contributed by atoms with Gasteiger partial charge in [0.15, 0.2) is 9.84 Å². The van der Waals surface area contributed by atoms with Gasteiger partial charge in [-0.2, -0.15) is 5.26 Å². The van der Waals surface area contributed by atoms with Gasteiger partial charge in [-0.3, -0.25) is 10.0 Å². The minimum absolute atomic E-state index is 0.00933. The molecular formula is C20H19F4N3O3S. The van der Waals surface area contributed by atoms with Gasteiger partial charge in [-0.1, -0.05) is 18.7 Å². The molecule has 166 valence electrons. The van der Waals surface area contributed by atoms with Crippen LogP contribution in [-0.4, -0.2) is 30.5 Å². The Labute approximate surface area is 175 Å². The Hall–Kier alpha value is -3.23. The normalized spacial score (nSPS) is 15.0. The molecule has 1 aliphatic rings. The highest BCUT2D eigenvalue weighted by molar-refractivity contribution is 8.49. The van der Waals surface area contributed by atoms with Crippen LogP contribution in [0.5, 0.6) is 5.75 Å². The summed E-state index contributed by atoms with van der Waals surface area (Å²) in [7, 11) is -8.31. The molecule has 3 rings (SSSR count). The number of nitriles is 1. The van der Waals surface area contributed by atoms with Crippen LogP contribution in [-0.2, 0) is 11.2 Å². The third-order valence-electron chi connectivity index (χ3n) is 4.76. The Morgan fingerprint density at radius 1 is 1.29 bits per heavy atom. The fraction of sp³-hybridized carbons (Fsp3) is 0.200. The summed E-state index contributed by atoms with van der Waals surface area (Å²) in [5, 5.41) is 21.2. The number of carbonyl (C=O) groups is 1. The predicted octanol–water partition coefficient (Wildman–Crippen LogP) is 5.04. The molecule has 11 heteroatoms. The van der Waals surface area contributed by atoms with Gasteiger partial charge < -0.3 is 10.1 Å². The molecule has 0 spiro atoms. The number of halogens is 4. The summed E-state index contributed by atoms with van der Waals surface area (Å²) in [6, 6.07) is 7.21. The van der Waals surface area contributed by atoms with E-state index in [0.717, 1.165) is 12.1 Å². The van der Waals surface area contributed by atoms with Gasteiger partial charge in [-0.15, -0.1) is 15.5 Å². The average molecular weight is 457 g/mol. The second kappa shape index (κ2) is 6.90. The lowest BCUT2D eigenvalue weighted by Gasteiger charge is -2.46. The first-order chi connectivity index (χ1) is 14.2. The highest BCUT2D eigenvalue weighted by Crippen LogP contribution is 2.98. The number of ether oxygens (including phenoxy) is 1. The third kappa shape index (κ3) is 4.60. The molecule has 3 N–H and O–H groups in total. The number of benzene rings is 2. The topological polar surface area (TPSA) is 94.4 Å². The molecule has 6 nitrogen and oxygen atoms in total. The number of carbonyl (C=O) groups excluding carboxylic acids is 1. The number of hydrogen-bond acceptors (Lipinski definition) is 5. The van der Waals surface area contributed by atoms with Crippen LogP contribution in [0.15, 0.2) is 47.4 Å². The van der Waals surface area contributed by atoms with Crippen LogP contribution in [0.4, 0.5) is 21.2 Å². The van der Waals surface area contributed by atoms with Crippen LogP contribution >= 0.6 is 9.84 Å². The molecule has 0 aromatic heterocycles. The molecule has 0 saturated carbocycles. The second-order valence-electron chi connectivity index (χ2n) is 7.27. The number of hydroxylamine groups is 1. The van der Waals surface area contributed by atoms with Gasteiger partial charge in [0.2, 0.25) is 0 Å². The molecule has 0 unspecified atom stereocenters. The van der Waals surface area contributed by atoms with Crippen LogP contribution in [0.2, 0.25) is 0 Å². The Kier molecular flexibility index (Phi) is 5.00. The zero-order valence-corrected chi connectivity index (χ0v) is 17.2. The van der Waals surface area contributed by atoms with Gasteiger partial charge in [0, 0.05) is 29.7 Å². The van der Waals surface area contributed by atoms with E-state index >= 15 is 0 Å². The SMILES string of the molecule is C=C(CNc1cc(-c2ccc(S(C)(F)(F)(F)F)cc2)c2c(c1C#N)CCO2)C(=O)NO. The van der Waals surface area contributed by atoms with Crippen molar-refractivity contribution in [3.63, 3.8) is 0 Å². The van der Waals surface area contributed by atoms with Crippen molar-refractivity contribution in [2.75, 3.05) is 24.7 Å². The van der Waals surface area contributed by atoms with Crippen molar-refractivity contribution in [3.8, 4) is 22.9 Å². The Bertz CT molecular complexity index is 1120. The predicted molar refractivity (Wildman–Crippen MR) is 110 cm³/mol. The molecule has 2 aromatic carbocycles. The number of anilines is 1. The van der Waals surface area contributed by atoms with Crippen molar-refractivity contribution in [1.29, 1.82) is 5.26 Å². The number of rotatable bonds is 6. The van der Waals surface area contributed by atoms with Crippen molar-refractivity contribution >= 4 is 21.4 Å². The number of fused-ring (bicyclic) bond motifs is 1. The van der Waals surface area contributed by atoms with E-state index in [1.807, 2.05) is 0 Å². The van der Waals surface area contributed by atoms with Crippen molar-refractivity contribution in [1.82, 2.24) is 5.48 Å². The highest BCUT2D eigenvalue weighted by Gasteiger charge is 2.59. The van der Waals surface area contributed by atoms with Gasteiger partial charge in [-0.05, 0) is 23.8 Å². The van der Waals surface area contributed by atoms with E-state index in [4.69, 9.17) is 9.94 Å². The summed E-state index contributed by atoms with van der Waals surface area (Å²) in [4.78, 5) is 10.1. The minimum Gasteiger partial charge on any atom is -0.492 e. The first-order valence-electron chi connectivity index (χ1n) is 8.94. The van der Waals surface area contributed by atoms with Crippen molar-refractivity contribution in [2.45, 2.75) is 11.3 Å². The van der Waals surface area contributed by atoms with E-state index in [9.17, 15) is 25.6 Å². The van der Waals surface area contributed by atoms with Crippen LogP contribution in [0.25, 0.3) is 11.1 Å². The van der Waals surface area contributed by atoms with E-state index in [2.05, 4.69) is 18.0 Å². The number of nitrogens with one attached hydrogen (secondary N) is 2. The number of nitrogens with zero attached hydrogens (tertiary/aromatic N) is 1. The molecular weight excluding hydrogens is 438 g/mol. The molecule has 2 aromatic rings. The van der Waals surface area contributed by atoms with E-state index in [-0.39, 0.29) is 30.5 Å². The van der Waals surface area contributed by atoms with E-state index < -0.39 is 20.6 Å². The van der Waals surface area contributed by atoms with Gasteiger partial charge in [0.25, 0.3) is 5.91 Å². The molecule has 0 fully saturated rings. The fourth-order valence-corrected chi connectivity index (χ4v) is 4.02. The van der Waals surface area contributed by atoms with E-state index in [1.165, 1.54) is 11.5 Å². The lowest BCUT2D eigenvalue weighted by atomic mass is 9.95. The zero-order valence-electron chi connectivity index (χ0n) is 16.3. The van der Waals surface area contributed by atoms with Crippen molar-refractivity contribution < 1.29 is 30.3 Å². The largest absolute Gasteiger partial charge is 0.492 e. The van der Waals surface area contributed by atoms with Crippen LogP contribution in [0.3, 0.4) is 0 Å². The third-order valence-corrected chi connectivity index (χ3v) is 6.22. The first-order valence-corrected chi connectivity index (χ1v) is 11.4. The molecule has 0 bridgehead atoms. The Morgan fingerprint density at radius 3 is 2.48 bits per heavy atom. The maximum atomic E-state index is 13.7. The lowest BCUT2D eigenvalue weighted by molar-refractivity contribution is -0.125. The van der Waals surface area contributed by atoms with Crippen LogP contribution in [0, 0.1) is 11.3 Å². The molecule has 1 aliphatic heterocycles. The molecule has 0 saturated heterocycles. The molecule has 1 amide bonds. The minimum atomic E-state index is -8.31. The fourth-order valence-electron chi connectivity index (χ4n) is 3.20. The van der Waals surface area contributed by atoms with E-state index in [1.54, 1.807) is 0 Å². The average Bonchev–Trinajstić information content (AvgIpc) is 3.18. The van der Waals surface area contributed by atoms with Crippen LogP contribution < -0.4 is 15.5 Å². The molecule has 31 heavy (non-hydrogen) atoms.